The predicted octanol–water partition coefficient (Wildman–Crippen LogP) is 6.66. The second-order valence-electron chi connectivity index (χ2n) is 7.05. The van der Waals surface area contributed by atoms with Crippen molar-refractivity contribution in [1.29, 1.82) is 0 Å². The fourth-order valence-electron chi connectivity index (χ4n) is 3.20. The summed E-state index contributed by atoms with van der Waals surface area (Å²) in [5, 5.41) is 7.17. The number of benzene rings is 3. The van der Waals surface area contributed by atoms with Gasteiger partial charge in [0.1, 0.15) is 23.0 Å². The van der Waals surface area contributed by atoms with Crippen LogP contribution < -0.4 is 20.1 Å². The first-order valence-electron chi connectivity index (χ1n) is 10.3. The van der Waals surface area contributed by atoms with Crippen molar-refractivity contribution in [3.8, 4) is 11.5 Å². The highest BCUT2D eigenvalue weighted by molar-refractivity contribution is 7.80. The van der Waals surface area contributed by atoms with Crippen molar-refractivity contribution in [2.24, 2.45) is 0 Å². The molecule has 3 aromatic carbocycles. The molecule has 0 fully saturated rings. The van der Waals surface area contributed by atoms with E-state index in [9.17, 15) is 4.79 Å². The summed E-state index contributed by atoms with van der Waals surface area (Å²) >= 11 is 13.0. The monoisotopic (exact) mass is 496 g/mol. The van der Waals surface area contributed by atoms with Crippen molar-refractivity contribution in [3.63, 3.8) is 0 Å². The van der Waals surface area contributed by atoms with Crippen LogP contribution in [0.3, 0.4) is 0 Å². The number of thiocarbonyl (C=S) groups is 1. The van der Waals surface area contributed by atoms with Crippen LogP contribution in [0.1, 0.15) is 22.2 Å². The largest absolute Gasteiger partial charge is 0.494 e. The molecule has 4 aromatic rings. The topological polar surface area (TPSA) is 59.6 Å². The maximum atomic E-state index is 12.7. The van der Waals surface area contributed by atoms with E-state index in [1.54, 1.807) is 0 Å². The van der Waals surface area contributed by atoms with Gasteiger partial charge in [-0.25, -0.2) is 0 Å². The first-order chi connectivity index (χ1) is 16.0. The van der Waals surface area contributed by atoms with Crippen molar-refractivity contribution < 1.29 is 14.3 Å². The van der Waals surface area contributed by atoms with Crippen molar-refractivity contribution >= 4 is 61.9 Å². The third-order valence-corrected chi connectivity index (χ3v) is 6.55. The van der Waals surface area contributed by atoms with E-state index >= 15 is 0 Å². The summed E-state index contributed by atoms with van der Waals surface area (Å²) in [5.41, 5.74) is 1.70. The van der Waals surface area contributed by atoms with E-state index in [2.05, 4.69) is 10.6 Å². The van der Waals surface area contributed by atoms with Gasteiger partial charge in [-0.2, -0.15) is 0 Å². The third kappa shape index (κ3) is 5.82. The van der Waals surface area contributed by atoms with Gasteiger partial charge < -0.3 is 14.8 Å². The number of halogens is 1. The number of amides is 1. The second-order valence-corrected chi connectivity index (χ2v) is 8.88. The van der Waals surface area contributed by atoms with Gasteiger partial charge in [-0.05, 0) is 55.0 Å². The van der Waals surface area contributed by atoms with Crippen molar-refractivity contribution in [1.82, 2.24) is 5.32 Å². The van der Waals surface area contributed by atoms with Crippen LogP contribution in [-0.4, -0.2) is 17.6 Å². The highest BCUT2D eigenvalue weighted by atomic mass is 35.5. The zero-order chi connectivity index (χ0) is 23.2. The Labute approximate surface area is 206 Å². The summed E-state index contributed by atoms with van der Waals surface area (Å²) in [6, 6.07) is 22.8. The van der Waals surface area contributed by atoms with Crippen LogP contribution in [0.15, 0.2) is 72.8 Å². The number of thiophene rings is 1. The second kappa shape index (κ2) is 10.7. The van der Waals surface area contributed by atoms with Gasteiger partial charge in [-0.1, -0.05) is 48.0 Å². The molecule has 8 heteroatoms. The smallest absolute Gasteiger partial charge is 0.269 e. The van der Waals surface area contributed by atoms with Gasteiger partial charge in [0.15, 0.2) is 5.11 Å². The molecule has 4 rings (SSSR count). The maximum absolute atomic E-state index is 12.7. The van der Waals surface area contributed by atoms with E-state index < -0.39 is 0 Å². The summed E-state index contributed by atoms with van der Waals surface area (Å²) < 4.78 is 12.4. The molecule has 5 nitrogen and oxygen atoms in total. The van der Waals surface area contributed by atoms with Crippen molar-refractivity contribution in [3.05, 3.63) is 88.3 Å². The van der Waals surface area contributed by atoms with Crippen LogP contribution in [0, 0.1) is 0 Å². The Morgan fingerprint density at radius 3 is 2.55 bits per heavy atom. The standard InChI is InChI=1S/C25H21ClN2O3S2/c1-2-30-18-9-5-7-16(13-18)15-31-19-10-6-8-17(14-19)27-25(32)28-24(29)23-22(26)20-11-3-4-12-21(20)33-23/h3-14H,2,15H2,1H3,(H2,27,28,29,32). The lowest BCUT2D eigenvalue weighted by Crippen LogP contribution is -2.33. The minimum Gasteiger partial charge on any atom is -0.494 e. The van der Waals surface area contributed by atoms with Crippen molar-refractivity contribution in [2.75, 3.05) is 11.9 Å². The SMILES string of the molecule is CCOc1cccc(COc2cccc(NC(=S)NC(=O)c3sc4ccccc4c3Cl)c2)c1. The molecule has 2 N–H and O–H groups in total. The molecule has 0 aliphatic rings. The lowest BCUT2D eigenvalue weighted by Gasteiger charge is -2.12. The molecule has 1 amide bonds. The number of carbonyl (C=O) groups excluding carboxylic acids is 1. The molecule has 33 heavy (non-hydrogen) atoms. The number of anilines is 1. The minimum atomic E-state index is -0.347. The van der Waals surface area contributed by atoms with E-state index in [0.717, 1.165) is 21.4 Å². The van der Waals surface area contributed by atoms with E-state index in [1.807, 2.05) is 79.7 Å². The molecule has 0 saturated heterocycles. The highest BCUT2D eigenvalue weighted by Crippen LogP contribution is 2.35. The Morgan fingerprint density at radius 2 is 1.76 bits per heavy atom. The van der Waals surface area contributed by atoms with Crippen LogP contribution in [0.2, 0.25) is 5.02 Å². The fourth-order valence-corrected chi connectivity index (χ4v) is 4.83. The molecular weight excluding hydrogens is 476 g/mol. The maximum Gasteiger partial charge on any atom is 0.269 e. The van der Waals surface area contributed by atoms with Crippen molar-refractivity contribution in [2.45, 2.75) is 13.5 Å². The average molecular weight is 497 g/mol. The van der Waals surface area contributed by atoms with Gasteiger partial charge in [0, 0.05) is 21.8 Å². The van der Waals surface area contributed by atoms with E-state index in [0.29, 0.717) is 34.6 Å². The summed E-state index contributed by atoms with van der Waals surface area (Å²) in [7, 11) is 0. The summed E-state index contributed by atoms with van der Waals surface area (Å²) in [5.74, 6) is 1.14. The number of ether oxygens (including phenoxy) is 2. The van der Waals surface area contributed by atoms with E-state index in [1.165, 1.54) is 11.3 Å². The molecule has 1 aromatic heterocycles. The number of hydrogen-bond donors (Lipinski definition) is 2. The number of rotatable bonds is 7. The van der Waals surface area contributed by atoms with Crippen LogP contribution in [0.4, 0.5) is 5.69 Å². The summed E-state index contributed by atoms with van der Waals surface area (Å²) in [6.45, 7) is 2.96. The van der Waals surface area contributed by atoms with Gasteiger partial charge in [0.25, 0.3) is 5.91 Å². The van der Waals surface area contributed by atoms with Gasteiger partial charge in [-0.3, -0.25) is 10.1 Å². The summed E-state index contributed by atoms with van der Waals surface area (Å²) in [4.78, 5) is 13.1. The Morgan fingerprint density at radius 1 is 1.00 bits per heavy atom. The first-order valence-corrected chi connectivity index (χ1v) is 11.9. The average Bonchev–Trinajstić information content (AvgIpc) is 3.15. The molecule has 0 aliphatic carbocycles. The quantitative estimate of drug-likeness (QED) is 0.280. The number of nitrogens with one attached hydrogen (secondary N) is 2. The molecule has 0 spiro atoms. The Balaban J connectivity index is 1.36. The number of fused-ring (bicyclic) bond motifs is 1. The molecular formula is C25H21ClN2O3S2. The van der Waals surface area contributed by atoms with Crippen LogP contribution in [0.25, 0.3) is 10.1 Å². The molecule has 0 unspecified atom stereocenters. The van der Waals surface area contributed by atoms with Crippen LogP contribution in [-0.2, 0) is 6.61 Å². The fraction of sp³-hybridized carbons (Fsp3) is 0.120. The first kappa shape index (κ1) is 23.0. The predicted molar refractivity (Wildman–Crippen MR) is 139 cm³/mol. The van der Waals surface area contributed by atoms with Gasteiger partial charge in [0.05, 0.1) is 11.6 Å². The number of hydrogen-bond acceptors (Lipinski definition) is 5. The van der Waals surface area contributed by atoms with Crippen LogP contribution in [0.5, 0.6) is 11.5 Å². The molecule has 0 saturated carbocycles. The number of carbonyl (C=O) groups is 1. The molecule has 1 heterocycles. The van der Waals surface area contributed by atoms with Gasteiger partial charge >= 0.3 is 0 Å². The Hall–Kier alpha value is -3.13. The lowest BCUT2D eigenvalue weighted by atomic mass is 10.2. The van der Waals surface area contributed by atoms with Gasteiger partial charge in [0.2, 0.25) is 0 Å². The normalized spacial score (nSPS) is 10.6. The highest BCUT2D eigenvalue weighted by Gasteiger charge is 2.17. The summed E-state index contributed by atoms with van der Waals surface area (Å²) in [6.07, 6.45) is 0. The zero-order valence-electron chi connectivity index (χ0n) is 17.8. The molecule has 0 atom stereocenters. The molecule has 0 bridgehead atoms. The van der Waals surface area contributed by atoms with Gasteiger partial charge in [-0.15, -0.1) is 11.3 Å². The minimum absolute atomic E-state index is 0.176. The Bertz CT molecular complexity index is 1310. The Kier molecular flexibility index (Phi) is 7.44. The molecule has 168 valence electrons. The van der Waals surface area contributed by atoms with E-state index in [-0.39, 0.29) is 11.0 Å². The van der Waals surface area contributed by atoms with E-state index in [4.69, 9.17) is 33.3 Å². The zero-order valence-corrected chi connectivity index (χ0v) is 20.2. The van der Waals surface area contributed by atoms with Crippen LogP contribution >= 0.6 is 35.2 Å². The third-order valence-electron chi connectivity index (χ3n) is 4.68. The molecule has 0 aliphatic heterocycles. The lowest BCUT2D eigenvalue weighted by molar-refractivity contribution is 0.0982. The molecule has 0 radical (unpaired) electrons.